The number of hydrogen-bond donors (Lipinski definition) is 3. The normalized spacial score (nSPS) is 13.0. The fourth-order valence-electron chi connectivity index (χ4n) is 2.48. The Bertz CT molecular complexity index is 404. The number of carboxylic acid groups (broad SMARTS) is 1. The summed E-state index contributed by atoms with van der Waals surface area (Å²) in [6.07, 6.45) is 8.08. The summed E-state index contributed by atoms with van der Waals surface area (Å²) in [5.41, 5.74) is 1.04. The number of aliphatic carboxylic acids is 1. The van der Waals surface area contributed by atoms with Crippen molar-refractivity contribution in [1.29, 1.82) is 0 Å². The van der Waals surface area contributed by atoms with E-state index < -0.39 is 25.6 Å². The molecule has 0 fully saturated rings. The molecule has 7 heteroatoms. The molecule has 0 aromatic carbocycles. The van der Waals surface area contributed by atoms with Gasteiger partial charge >= 0.3 is 13.6 Å². The fraction of sp³-hybridized carbons (Fsp3) is 0.824. The first-order chi connectivity index (χ1) is 11.2. The molecular weight excluding hydrogens is 331 g/mol. The second kappa shape index (κ2) is 13.6. The van der Waals surface area contributed by atoms with Crippen LogP contribution in [-0.4, -0.2) is 40.2 Å². The van der Waals surface area contributed by atoms with Gasteiger partial charge in [-0.05, 0) is 19.8 Å². The third-order valence-electron chi connectivity index (χ3n) is 3.75. The lowest BCUT2D eigenvalue weighted by atomic mass is 10.0. The average molecular weight is 364 g/mol. The van der Waals surface area contributed by atoms with Crippen LogP contribution in [-0.2, 0) is 14.1 Å². The van der Waals surface area contributed by atoms with E-state index >= 15 is 0 Å². The van der Waals surface area contributed by atoms with Crippen LogP contribution in [0.5, 0.6) is 0 Å². The van der Waals surface area contributed by atoms with Crippen LogP contribution < -0.4 is 0 Å². The van der Waals surface area contributed by atoms with Crippen LogP contribution >= 0.6 is 7.60 Å². The summed E-state index contributed by atoms with van der Waals surface area (Å²) < 4.78 is 16.3. The second-order valence-corrected chi connectivity index (χ2v) is 8.20. The van der Waals surface area contributed by atoms with Crippen molar-refractivity contribution >= 4 is 13.6 Å². The topological polar surface area (TPSA) is 104 Å². The molecule has 0 aromatic heterocycles. The Morgan fingerprint density at radius 3 is 2.00 bits per heavy atom. The highest BCUT2D eigenvalue weighted by Crippen LogP contribution is 2.38. The smallest absolute Gasteiger partial charge is 0.326 e. The Morgan fingerprint density at radius 1 is 1.04 bits per heavy atom. The van der Waals surface area contributed by atoms with Crippen molar-refractivity contribution in [3.05, 3.63) is 12.2 Å². The van der Waals surface area contributed by atoms with E-state index in [9.17, 15) is 9.36 Å². The maximum absolute atomic E-state index is 11.0. The fourth-order valence-corrected chi connectivity index (χ4v) is 3.39. The largest absolute Gasteiger partial charge is 0.481 e. The van der Waals surface area contributed by atoms with Crippen molar-refractivity contribution in [2.45, 2.75) is 64.7 Å². The number of ether oxygens (including phenoxy) is 1. The molecule has 0 amide bonds. The summed E-state index contributed by atoms with van der Waals surface area (Å²) in [4.78, 5) is 28.7. The molecule has 0 heterocycles. The SMILES string of the molecule is C=C(C)COCCCCCCCCCCC(CP(=O)(O)O)C(=O)O. The molecule has 142 valence electrons. The van der Waals surface area contributed by atoms with E-state index in [2.05, 4.69) is 6.58 Å². The van der Waals surface area contributed by atoms with Crippen molar-refractivity contribution in [1.82, 2.24) is 0 Å². The number of carbonyl (C=O) groups is 1. The highest BCUT2D eigenvalue weighted by atomic mass is 31.2. The summed E-state index contributed by atoms with van der Waals surface area (Å²) in [6.45, 7) is 7.15. The second-order valence-electron chi connectivity index (χ2n) is 6.51. The predicted octanol–water partition coefficient (Wildman–Crippen LogP) is 3.97. The van der Waals surface area contributed by atoms with Crippen LogP contribution in [0.25, 0.3) is 0 Å². The molecular formula is C17H33O6P. The zero-order valence-corrected chi connectivity index (χ0v) is 15.7. The van der Waals surface area contributed by atoms with Crippen molar-refractivity contribution in [3.63, 3.8) is 0 Å². The predicted molar refractivity (Wildman–Crippen MR) is 95.2 cm³/mol. The summed E-state index contributed by atoms with van der Waals surface area (Å²) >= 11 is 0. The lowest BCUT2D eigenvalue weighted by molar-refractivity contribution is -0.141. The lowest BCUT2D eigenvalue weighted by Crippen LogP contribution is -2.18. The Kier molecular flexibility index (Phi) is 13.2. The maximum Gasteiger partial charge on any atom is 0.326 e. The third-order valence-corrected chi connectivity index (χ3v) is 4.66. The number of hydrogen-bond acceptors (Lipinski definition) is 3. The van der Waals surface area contributed by atoms with Crippen LogP contribution in [0, 0.1) is 5.92 Å². The standard InChI is InChI=1S/C17H33O6P/c1-15(2)13-23-12-10-8-6-4-3-5-7-9-11-16(17(18)19)14-24(20,21)22/h16H,1,3-14H2,2H3,(H,18,19)(H2,20,21,22). The molecule has 0 radical (unpaired) electrons. The van der Waals surface area contributed by atoms with E-state index in [0.717, 1.165) is 50.7 Å². The summed E-state index contributed by atoms with van der Waals surface area (Å²) in [7, 11) is -4.26. The van der Waals surface area contributed by atoms with Gasteiger partial charge in [0, 0.05) is 6.61 Å². The molecule has 1 unspecified atom stereocenters. The molecule has 0 rings (SSSR count). The number of unbranched alkanes of at least 4 members (excludes halogenated alkanes) is 7. The van der Waals surface area contributed by atoms with Gasteiger partial charge in [-0.1, -0.05) is 57.1 Å². The highest BCUT2D eigenvalue weighted by Gasteiger charge is 2.26. The molecule has 0 aromatic rings. The molecule has 24 heavy (non-hydrogen) atoms. The van der Waals surface area contributed by atoms with Gasteiger partial charge in [-0.25, -0.2) is 0 Å². The zero-order valence-electron chi connectivity index (χ0n) is 14.8. The van der Waals surface area contributed by atoms with Crippen molar-refractivity contribution < 1.29 is 29.0 Å². The molecule has 3 N–H and O–H groups in total. The Morgan fingerprint density at radius 2 is 1.54 bits per heavy atom. The Hall–Kier alpha value is -0.680. The van der Waals surface area contributed by atoms with Gasteiger partial charge in [-0.15, -0.1) is 0 Å². The molecule has 0 saturated carbocycles. The van der Waals surface area contributed by atoms with E-state index in [1.54, 1.807) is 0 Å². The first-order valence-electron chi connectivity index (χ1n) is 8.72. The highest BCUT2D eigenvalue weighted by molar-refractivity contribution is 7.51. The van der Waals surface area contributed by atoms with Gasteiger partial charge in [0.05, 0.1) is 18.7 Å². The van der Waals surface area contributed by atoms with Gasteiger partial charge in [-0.2, -0.15) is 0 Å². The zero-order chi connectivity index (χ0) is 18.4. The van der Waals surface area contributed by atoms with E-state index in [4.69, 9.17) is 19.6 Å². The Labute approximate surface area is 145 Å². The number of rotatable bonds is 16. The minimum absolute atomic E-state index is 0.334. The van der Waals surface area contributed by atoms with Gasteiger partial charge in [0.25, 0.3) is 0 Å². The quantitative estimate of drug-likeness (QED) is 0.217. The monoisotopic (exact) mass is 364 g/mol. The summed E-state index contributed by atoms with van der Waals surface area (Å²) in [6, 6.07) is 0. The Balaban J connectivity index is 3.48. The van der Waals surface area contributed by atoms with Crippen LogP contribution in [0.3, 0.4) is 0 Å². The van der Waals surface area contributed by atoms with Crippen LogP contribution in [0.4, 0.5) is 0 Å². The minimum atomic E-state index is -4.26. The first kappa shape index (κ1) is 23.3. The third kappa shape index (κ3) is 16.2. The van der Waals surface area contributed by atoms with Gasteiger partial charge in [0.2, 0.25) is 0 Å². The van der Waals surface area contributed by atoms with Gasteiger partial charge in [0.15, 0.2) is 0 Å². The molecule has 0 bridgehead atoms. The lowest BCUT2D eigenvalue weighted by Gasteiger charge is -2.12. The molecule has 6 nitrogen and oxygen atoms in total. The molecule has 0 spiro atoms. The van der Waals surface area contributed by atoms with Gasteiger partial charge in [-0.3, -0.25) is 9.36 Å². The van der Waals surface area contributed by atoms with Crippen LogP contribution in [0.2, 0.25) is 0 Å². The average Bonchev–Trinajstić information content (AvgIpc) is 2.45. The van der Waals surface area contributed by atoms with Gasteiger partial charge in [0.1, 0.15) is 0 Å². The van der Waals surface area contributed by atoms with Gasteiger partial charge < -0.3 is 19.6 Å². The van der Waals surface area contributed by atoms with E-state index in [0.29, 0.717) is 19.4 Å². The van der Waals surface area contributed by atoms with E-state index in [1.807, 2.05) is 6.92 Å². The van der Waals surface area contributed by atoms with E-state index in [-0.39, 0.29) is 0 Å². The molecule has 0 aliphatic heterocycles. The summed E-state index contributed by atoms with van der Waals surface area (Å²) in [5.74, 6) is -2.06. The van der Waals surface area contributed by atoms with Crippen molar-refractivity contribution in [2.24, 2.45) is 5.92 Å². The maximum atomic E-state index is 11.0. The van der Waals surface area contributed by atoms with Crippen LogP contribution in [0.15, 0.2) is 12.2 Å². The first-order valence-corrected chi connectivity index (χ1v) is 10.5. The minimum Gasteiger partial charge on any atom is -0.481 e. The van der Waals surface area contributed by atoms with Crippen LogP contribution in [0.1, 0.15) is 64.7 Å². The molecule has 0 aliphatic rings. The molecule has 0 aliphatic carbocycles. The van der Waals surface area contributed by atoms with E-state index in [1.165, 1.54) is 6.42 Å². The van der Waals surface area contributed by atoms with Crippen molar-refractivity contribution in [3.8, 4) is 0 Å². The summed E-state index contributed by atoms with van der Waals surface area (Å²) in [5, 5.41) is 8.97. The molecule has 0 saturated heterocycles. The van der Waals surface area contributed by atoms with Crippen molar-refractivity contribution in [2.75, 3.05) is 19.4 Å². The number of carboxylic acids is 1. The molecule has 1 atom stereocenters.